The predicted molar refractivity (Wildman–Crippen MR) is 61.7 cm³/mol. The highest BCUT2D eigenvalue weighted by molar-refractivity contribution is 5.81. The molecule has 16 heavy (non-hydrogen) atoms. The number of carbonyl (C=O) groups excluding carboxylic acids is 2. The lowest BCUT2D eigenvalue weighted by atomic mass is 10.2. The van der Waals surface area contributed by atoms with Gasteiger partial charge in [-0.05, 0) is 19.8 Å². The highest BCUT2D eigenvalue weighted by Crippen LogP contribution is 2.17. The first kappa shape index (κ1) is 13.0. The average Bonchev–Trinajstić information content (AvgIpc) is 2.69. The first-order valence-corrected chi connectivity index (χ1v) is 5.91. The molecule has 0 aliphatic heterocycles. The van der Waals surface area contributed by atoms with Gasteiger partial charge in [-0.2, -0.15) is 0 Å². The van der Waals surface area contributed by atoms with Crippen LogP contribution in [-0.4, -0.2) is 30.4 Å². The van der Waals surface area contributed by atoms with Crippen LogP contribution in [0.15, 0.2) is 0 Å². The van der Waals surface area contributed by atoms with Crippen LogP contribution >= 0.6 is 0 Å². The molecule has 0 saturated heterocycles. The van der Waals surface area contributed by atoms with Crippen LogP contribution in [0, 0.1) is 0 Å². The van der Waals surface area contributed by atoms with Crippen LogP contribution < -0.4 is 16.4 Å². The Labute approximate surface area is 96.1 Å². The summed E-state index contributed by atoms with van der Waals surface area (Å²) >= 11 is 0. The zero-order valence-electron chi connectivity index (χ0n) is 9.79. The van der Waals surface area contributed by atoms with Crippen LogP contribution in [0.25, 0.3) is 0 Å². The maximum absolute atomic E-state index is 11.7. The molecule has 0 bridgehead atoms. The van der Waals surface area contributed by atoms with E-state index < -0.39 is 0 Å². The van der Waals surface area contributed by atoms with Crippen molar-refractivity contribution in [2.45, 2.75) is 51.1 Å². The molecule has 0 aromatic heterocycles. The predicted octanol–water partition coefficient (Wildman–Crippen LogP) is -0.101. The standard InChI is InChI=1S/C11H21N3O2/c1-8(13-7-6-10(12)15)11(16)14-9-4-2-3-5-9/h8-9,13H,2-7H2,1H3,(H2,12,15)(H,14,16). The molecule has 1 aliphatic carbocycles. The first-order chi connectivity index (χ1) is 7.59. The molecule has 1 fully saturated rings. The van der Waals surface area contributed by atoms with E-state index in [0.29, 0.717) is 12.6 Å². The summed E-state index contributed by atoms with van der Waals surface area (Å²) in [6, 6.07) is 0.0767. The van der Waals surface area contributed by atoms with Crippen molar-refractivity contribution in [2.24, 2.45) is 5.73 Å². The molecule has 5 nitrogen and oxygen atoms in total. The molecule has 1 unspecified atom stereocenters. The van der Waals surface area contributed by atoms with Crippen LogP contribution in [0.2, 0.25) is 0 Å². The Morgan fingerprint density at radius 3 is 2.56 bits per heavy atom. The van der Waals surface area contributed by atoms with Gasteiger partial charge in [0.25, 0.3) is 0 Å². The summed E-state index contributed by atoms with van der Waals surface area (Å²) in [6.45, 7) is 2.25. The Balaban J connectivity index is 2.16. The third-order valence-electron chi connectivity index (χ3n) is 2.92. The number of hydrogen-bond donors (Lipinski definition) is 3. The largest absolute Gasteiger partial charge is 0.370 e. The second-order valence-corrected chi connectivity index (χ2v) is 4.38. The van der Waals surface area contributed by atoms with Crippen LogP contribution in [-0.2, 0) is 9.59 Å². The van der Waals surface area contributed by atoms with Gasteiger partial charge < -0.3 is 16.4 Å². The monoisotopic (exact) mass is 227 g/mol. The minimum Gasteiger partial charge on any atom is -0.370 e. The number of amides is 2. The van der Waals surface area contributed by atoms with E-state index in [1.807, 2.05) is 0 Å². The second-order valence-electron chi connectivity index (χ2n) is 4.38. The average molecular weight is 227 g/mol. The van der Waals surface area contributed by atoms with E-state index in [-0.39, 0.29) is 24.3 Å². The summed E-state index contributed by atoms with van der Waals surface area (Å²) in [6.07, 6.45) is 4.84. The van der Waals surface area contributed by atoms with E-state index in [2.05, 4.69) is 10.6 Å². The van der Waals surface area contributed by atoms with E-state index in [4.69, 9.17) is 5.73 Å². The summed E-state index contributed by atoms with van der Waals surface area (Å²) in [5.74, 6) is -0.340. The number of carbonyl (C=O) groups is 2. The minimum atomic E-state index is -0.351. The quantitative estimate of drug-likeness (QED) is 0.592. The molecule has 0 radical (unpaired) electrons. The Bertz CT molecular complexity index is 250. The second kappa shape index (κ2) is 6.48. The minimum absolute atomic E-state index is 0.0105. The maximum atomic E-state index is 11.7. The SMILES string of the molecule is CC(NCCC(N)=O)C(=O)NC1CCCC1. The van der Waals surface area contributed by atoms with Gasteiger partial charge in [-0.1, -0.05) is 12.8 Å². The van der Waals surface area contributed by atoms with Gasteiger partial charge in [0.2, 0.25) is 11.8 Å². The smallest absolute Gasteiger partial charge is 0.237 e. The number of rotatable bonds is 6. The molecule has 2 amide bonds. The first-order valence-electron chi connectivity index (χ1n) is 5.91. The molecule has 1 saturated carbocycles. The molecule has 1 atom stereocenters. The number of hydrogen-bond acceptors (Lipinski definition) is 3. The lowest BCUT2D eigenvalue weighted by molar-refractivity contribution is -0.124. The molecule has 1 rings (SSSR count). The van der Waals surface area contributed by atoms with Gasteiger partial charge in [-0.3, -0.25) is 9.59 Å². The fraction of sp³-hybridized carbons (Fsp3) is 0.818. The number of primary amides is 1. The van der Waals surface area contributed by atoms with E-state index >= 15 is 0 Å². The van der Waals surface area contributed by atoms with E-state index in [0.717, 1.165) is 12.8 Å². The molecule has 0 aromatic carbocycles. The molecule has 1 aliphatic rings. The van der Waals surface area contributed by atoms with Gasteiger partial charge >= 0.3 is 0 Å². The lowest BCUT2D eigenvalue weighted by Crippen LogP contribution is -2.46. The van der Waals surface area contributed by atoms with Crippen molar-refractivity contribution >= 4 is 11.8 Å². The topological polar surface area (TPSA) is 84.2 Å². The summed E-state index contributed by atoms with van der Waals surface area (Å²) in [7, 11) is 0. The molecule has 0 heterocycles. The zero-order valence-corrected chi connectivity index (χ0v) is 9.79. The fourth-order valence-corrected chi connectivity index (χ4v) is 1.90. The molecular formula is C11H21N3O2. The zero-order chi connectivity index (χ0) is 12.0. The Morgan fingerprint density at radius 1 is 1.38 bits per heavy atom. The third-order valence-corrected chi connectivity index (χ3v) is 2.92. The van der Waals surface area contributed by atoms with E-state index in [9.17, 15) is 9.59 Å². The molecule has 0 aromatic rings. The van der Waals surface area contributed by atoms with Crippen molar-refractivity contribution in [1.82, 2.24) is 10.6 Å². The number of nitrogens with two attached hydrogens (primary N) is 1. The van der Waals surface area contributed by atoms with E-state index in [1.54, 1.807) is 6.92 Å². The molecular weight excluding hydrogens is 206 g/mol. The van der Waals surface area contributed by atoms with Crippen molar-refractivity contribution in [1.29, 1.82) is 0 Å². The molecule has 4 N–H and O–H groups in total. The Kier molecular flexibility index (Phi) is 5.25. The van der Waals surface area contributed by atoms with Gasteiger partial charge in [-0.15, -0.1) is 0 Å². The maximum Gasteiger partial charge on any atom is 0.237 e. The van der Waals surface area contributed by atoms with Crippen molar-refractivity contribution < 1.29 is 9.59 Å². The van der Waals surface area contributed by atoms with Gasteiger partial charge in [-0.25, -0.2) is 0 Å². The molecule has 92 valence electrons. The molecule has 0 spiro atoms. The fourth-order valence-electron chi connectivity index (χ4n) is 1.90. The van der Waals surface area contributed by atoms with Gasteiger partial charge in [0.15, 0.2) is 0 Å². The molecule has 5 heteroatoms. The summed E-state index contributed by atoms with van der Waals surface area (Å²) < 4.78 is 0. The summed E-state index contributed by atoms with van der Waals surface area (Å²) in [5.41, 5.74) is 5.01. The Morgan fingerprint density at radius 2 is 2.00 bits per heavy atom. The Hall–Kier alpha value is -1.10. The van der Waals surface area contributed by atoms with Crippen molar-refractivity contribution in [2.75, 3.05) is 6.54 Å². The van der Waals surface area contributed by atoms with Crippen LogP contribution in [0.3, 0.4) is 0 Å². The highest BCUT2D eigenvalue weighted by atomic mass is 16.2. The lowest BCUT2D eigenvalue weighted by Gasteiger charge is -2.17. The van der Waals surface area contributed by atoms with Crippen molar-refractivity contribution in [3.05, 3.63) is 0 Å². The van der Waals surface area contributed by atoms with Crippen LogP contribution in [0.5, 0.6) is 0 Å². The van der Waals surface area contributed by atoms with Crippen LogP contribution in [0.1, 0.15) is 39.0 Å². The number of nitrogens with one attached hydrogen (secondary N) is 2. The summed E-state index contributed by atoms with van der Waals surface area (Å²) in [4.78, 5) is 22.2. The summed E-state index contributed by atoms with van der Waals surface area (Å²) in [5, 5.41) is 5.97. The van der Waals surface area contributed by atoms with E-state index in [1.165, 1.54) is 12.8 Å². The van der Waals surface area contributed by atoms with Crippen molar-refractivity contribution in [3.63, 3.8) is 0 Å². The normalized spacial score (nSPS) is 18.3. The third kappa shape index (κ3) is 4.61. The van der Waals surface area contributed by atoms with Crippen molar-refractivity contribution in [3.8, 4) is 0 Å². The highest BCUT2D eigenvalue weighted by Gasteiger charge is 2.20. The van der Waals surface area contributed by atoms with Gasteiger partial charge in [0, 0.05) is 19.0 Å². The van der Waals surface area contributed by atoms with Crippen LogP contribution in [0.4, 0.5) is 0 Å². The van der Waals surface area contributed by atoms with Gasteiger partial charge in [0.1, 0.15) is 0 Å². The van der Waals surface area contributed by atoms with Gasteiger partial charge in [0.05, 0.1) is 6.04 Å².